The molecule has 0 heterocycles. The van der Waals surface area contributed by atoms with Crippen molar-refractivity contribution in [2.45, 2.75) is 32.1 Å². The molecule has 0 amide bonds. The van der Waals surface area contributed by atoms with Gasteiger partial charge in [-0.15, -0.1) is 13.2 Å². The molecule has 0 spiro atoms. The van der Waals surface area contributed by atoms with Gasteiger partial charge in [-0.2, -0.15) is 0 Å². The normalized spacial score (nSPS) is 24.8. The van der Waals surface area contributed by atoms with Crippen LogP contribution in [-0.4, -0.2) is 0 Å². The highest BCUT2D eigenvalue weighted by molar-refractivity contribution is 5.21. The Morgan fingerprint density at radius 2 is 1.27 bits per heavy atom. The number of allylic oxidation sites excluding steroid dienone is 6. The molecule has 0 fully saturated rings. The Hall–Kier alpha value is -1.04. The lowest BCUT2D eigenvalue weighted by molar-refractivity contribution is 0.732. The summed E-state index contributed by atoms with van der Waals surface area (Å²) in [5, 5.41) is 0. The third-order valence-corrected chi connectivity index (χ3v) is 2.82. The van der Waals surface area contributed by atoms with Gasteiger partial charge in [-0.1, -0.05) is 36.5 Å². The fourth-order valence-electron chi connectivity index (χ4n) is 1.91. The van der Waals surface area contributed by atoms with Gasteiger partial charge in [0.1, 0.15) is 0 Å². The Morgan fingerprint density at radius 1 is 0.867 bits per heavy atom. The van der Waals surface area contributed by atoms with Gasteiger partial charge in [0.25, 0.3) is 0 Å². The van der Waals surface area contributed by atoms with Gasteiger partial charge < -0.3 is 0 Å². The van der Waals surface area contributed by atoms with Gasteiger partial charge >= 0.3 is 0 Å². The second kappa shape index (κ2) is 7.28. The van der Waals surface area contributed by atoms with Crippen LogP contribution in [0.5, 0.6) is 0 Å². The summed E-state index contributed by atoms with van der Waals surface area (Å²) in [5.74, 6) is 1.62. The van der Waals surface area contributed by atoms with Gasteiger partial charge in [0, 0.05) is 0 Å². The first-order valence-corrected chi connectivity index (χ1v) is 5.95. The average Bonchev–Trinajstić information content (AvgIpc) is 2.89. The molecular formula is C15H22. The van der Waals surface area contributed by atoms with Crippen LogP contribution in [-0.2, 0) is 0 Å². The number of unbranched alkanes of at least 4 members (excludes halogenated alkanes) is 3. The van der Waals surface area contributed by atoms with E-state index in [9.17, 15) is 0 Å². The van der Waals surface area contributed by atoms with E-state index in [4.69, 9.17) is 0 Å². The van der Waals surface area contributed by atoms with Crippen molar-refractivity contribution in [2.75, 3.05) is 0 Å². The minimum absolute atomic E-state index is 0.810. The molecule has 0 saturated carbocycles. The van der Waals surface area contributed by atoms with Gasteiger partial charge in [-0.05, 0) is 43.9 Å². The summed E-state index contributed by atoms with van der Waals surface area (Å²) < 4.78 is 0. The maximum atomic E-state index is 3.63. The zero-order valence-corrected chi connectivity index (χ0v) is 9.57. The summed E-state index contributed by atoms with van der Waals surface area (Å²) in [5.41, 5.74) is 0. The SMILES string of the molecule is C1=CC2C=CC1C2.C=CCCCCC=C. The largest absolute Gasteiger partial charge is 0.103 e. The Balaban J connectivity index is 0.000000150. The number of hydrogen-bond acceptors (Lipinski definition) is 0. The van der Waals surface area contributed by atoms with Crippen molar-refractivity contribution in [1.29, 1.82) is 0 Å². The lowest BCUT2D eigenvalue weighted by atomic mass is 10.2. The van der Waals surface area contributed by atoms with Crippen LogP contribution in [0, 0.1) is 11.8 Å². The lowest BCUT2D eigenvalue weighted by Crippen LogP contribution is -1.79. The molecule has 0 radical (unpaired) electrons. The molecule has 0 N–H and O–H groups in total. The molecule has 0 saturated heterocycles. The molecule has 2 aliphatic carbocycles. The predicted octanol–water partition coefficient (Wildman–Crippen LogP) is 4.67. The molecule has 0 aromatic carbocycles. The summed E-state index contributed by atoms with van der Waals surface area (Å²) in [6, 6.07) is 0. The molecule has 2 aliphatic rings. The van der Waals surface area contributed by atoms with Gasteiger partial charge in [0.2, 0.25) is 0 Å². The third-order valence-electron chi connectivity index (χ3n) is 2.82. The minimum Gasteiger partial charge on any atom is -0.103 e. The summed E-state index contributed by atoms with van der Waals surface area (Å²) in [6.45, 7) is 7.26. The Bertz CT molecular complexity index is 207. The smallest absolute Gasteiger partial charge is 0.00445 e. The van der Waals surface area contributed by atoms with E-state index in [0.717, 1.165) is 24.7 Å². The third kappa shape index (κ3) is 4.83. The summed E-state index contributed by atoms with van der Waals surface area (Å²) in [7, 11) is 0. The van der Waals surface area contributed by atoms with Crippen LogP contribution in [0.15, 0.2) is 49.6 Å². The molecule has 0 aliphatic heterocycles. The van der Waals surface area contributed by atoms with Gasteiger partial charge in [-0.25, -0.2) is 0 Å². The highest BCUT2D eigenvalue weighted by atomic mass is 14.2. The minimum atomic E-state index is 0.810. The van der Waals surface area contributed by atoms with E-state index < -0.39 is 0 Å². The van der Waals surface area contributed by atoms with E-state index in [1.807, 2.05) is 12.2 Å². The van der Waals surface area contributed by atoms with E-state index in [2.05, 4.69) is 37.5 Å². The lowest BCUT2D eigenvalue weighted by Gasteiger charge is -1.89. The van der Waals surface area contributed by atoms with Crippen LogP contribution in [0.4, 0.5) is 0 Å². The van der Waals surface area contributed by atoms with Crippen LogP contribution < -0.4 is 0 Å². The molecule has 0 unspecified atom stereocenters. The van der Waals surface area contributed by atoms with Crippen LogP contribution in [0.2, 0.25) is 0 Å². The summed E-state index contributed by atoms with van der Waals surface area (Å²) >= 11 is 0. The Labute approximate surface area is 94.1 Å². The Morgan fingerprint density at radius 3 is 1.47 bits per heavy atom. The van der Waals surface area contributed by atoms with E-state index in [-0.39, 0.29) is 0 Å². The van der Waals surface area contributed by atoms with Crippen molar-refractivity contribution in [3.8, 4) is 0 Å². The first-order chi connectivity index (χ1) is 7.36. The zero-order chi connectivity index (χ0) is 10.9. The monoisotopic (exact) mass is 202 g/mol. The fourth-order valence-corrected chi connectivity index (χ4v) is 1.91. The van der Waals surface area contributed by atoms with Crippen molar-refractivity contribution in [1.82, 2.24) is 0 Å². The first kappa shape index (κ1) is 12.0. The maximum absolute atomic E-state index is 3.63. The molecule has 0 atom stereocenters. The van der Waals surface area contributed by atoms with Gasteiger partial charge in [0.15, 0.2) is 0 Å². The molecule has 82 valence electrons. The van der Waals surface area contributed by atoms with Crippen LogP contribution in [0.3, 0.4) is 0 Å². The highest BCUT2D eigenvalue weighted by Crippen LogP contribution is 2.31. The van der Waals surface area contributed by atoms with Crippen LogP contribution >= 0.6 is 0 Å². The maximum Gasteiger partial charge on any atom is -0.00445 e. The van der Waals surface area contributed by atoms with Crippen LogP contribution in [0.25, 0.3) is 0 Å². The molecule has 0 heteroatoms. The molecule has 0 aromatic heterocycles. The Kier molecular flexibility index (Phi) is 5.84. The van der Waals surface area contributed by atoms with Crippen molar-refractivity contribution >= 4 is 0 Å². The molecular weight excluding hydrogens is 180 g/mol. The molecule has 0 nitrogen and oxygen atoms in total. The van der Waals surface area contributed by atoms with E-state index in [1.54, 1.807) is 0 Å². The standard InChI is InChI=1S/C8H14.C7H8/c1-3-5-7-8-6-4-2;1-2-7-4-3-6(1)5-7/h3-4H,1-2,5-8H2;1-4,6-7H,5H2. The van der Waals surface area contributed by atoms with Gasteiger partial charge in [-0.3, -0.25) is 0 Å². The second-order valence-electron chi connectivity index (χ2n) is 4.20. The number of rotatable bonds is 5. The second-order valence-corrected chi connectivity index (χ2v) is 4.20. The van der Waals surface area contributed by atoms with Crippen LogP contribution in [0.1, 0.15) is 32.1 Å². The average molecular weight is 202 g/mol. The zero-order valence-electron chi connectivity index (χ0n) is 9.57. The van der Waals surface area contributed by atoms with Crippen molar-refractivity contribution in [3.05, 3.63) is 49.6 Å². The van der Waals surface area contributed by atoms with Crippen molar-refractivity contribution in [2.24, 2.45) is 11.8 Å². The number of fused-ring (bicyclic) bond motifs is 2. The number of hydrogen-bond donors (Lipinski definition) is 0. The predicted molar refractivity (Wildman–Crippen MR) is 68.7 cm³/mol. The van der Waals surface area contributed by atoms with Crippen molar-refractivity contribution < 1.29 is 0 Å². The fraction of sp³-hybridized carbons (Fsp3) is 0.467. The van der Waals surface area contributed by atoms with Gasteiger partial charge in [0.05, 0.1) is 0 Å². The highest BCUT2D eigenvalue weighted by Gasteiger charge is 2.19. The molecule has 0 aromatic rings. The first-order valence-electron chi connectivity index (χ1n) is 5.95. The van der Waals surface area contributed by atoms with E-state index in [1.165, 1.54) is 19.3 Å². The molecule has 2 bridgehead atoms. The topological polar surface area (TPSA) is 0 Å². The molecule has 15 heavy (non-hydrogen) atoms. The summed E-state index contributed by atoms with van der Waals surface area (Å²) in [4.78, 5) is 0. The van der Waals surface area contributed by atoms with E-state index in [0.29, 0.717) is 0 Å². The van der Waals surface area contributed by atoms with Crippen molar-refractivity contribution in [3.63, 3.8) is 0 Å². The van der Waals surface area contributed by atoms with E-state index >= 15 is 0 Å². The summed E-state index contributed by atoms with van der Waals surface area (Å²) in [6.07, 6.45) is 19.3. The quantitative estimate of drug-likeness (QED) is 0.449. The molecule has 2 rings (SSSR count).